The van der Waals surface area contributed by atoms with E-state index in [1.807, 2.05) is 17.0 Å². The molecule has 2 aromatic carbocycles. The summed E-state index contributed by atoms with van der Waals surface area (Å²) in [6, 6.07) is 18.1. The lowest BCUT2D eigenvalue weighted by molar-refractivity contribution is 0.0719. The molecule has 2 heterocycles. The molecule has 1 fully saturated rings. The summed E-state index contributed by atoms with van der Waals surface area (Å²) >= 11 is 7.57. The maximum atomic E-state index is 13.5. The van der Waals surface area contributed by atoms with Crippen molar-refractivity contribution in [2.24, 2.45) is 0 Å². The summed E-state index contributed by atoms with van der Waals surface area (Å²) in [5.74, 6) is 0.931. The third kappa shape index (κ3) is 3.63. The molecule has 0 unspecified atom stereocenters. The Balaban J connectivity index is 1.26. The molecule has 0 atom stereocenters. The van der Waals surface area contributed by atoms with Crippen LogP contribution in [0.1, 0.15) is 39.5 Å². The van der Waals surface area contributed by atoms with E-state index in [1.54, 1.807) is 23.5 Å². The number of aryl methyl sites for hydroxylation is 2. The van der Waals surface area contributed by atoms with Gasteiger partial charge in [-0.15, -0.1) is 21.5 Å². The lowest BCUT2D eigenvalue weighted by Gasteiger charge is -2.19. The summed E-state index contributed by atoms with van der Waals surface area (Å²) in [6.45, 7) is 0.323. The summed E-state index contributed by atoms with van der Waals surface area (Å²) in [5.41, 5.74) is 4.71. The van der Waals surface area contributed by atoms with Crippen LogP contribution in [0.5, 0.6) is 0 Å². The van der Waals surface area contributed by atoms with E-state index in [0.717, 1.165) is 36.1 Å². The fourth-order valence-electron chi connectivity index (χ4n) is 4.24. The first kappa shape index (κ1) is 19.7. The summed E-state index contributed by atoms with van der Waals surface area (Å²) in [5, 5.41) is 9.01. The normalized spacial score (nSPS) is 14.7. The first-order valence-corrected chi connectivity index (χ1v) is 12.0. The molecule has 4 aromatic rings. The maximum Gasteiger partial charge on any atom is 0.264 e. The predicted molar refractivity (Wildman–Crippen MR) is 125 cm³/mol. The first-order valence-electron chi connectivity index (χ1n) is 10.8. The zero-order valence-electron chi connectivity index (χ0n) is 17.3. The van der Waals surface area contributed by atoms with E-state index in [-0.39, 0.29) is 11.9 Å². The maximum absolute atomic E-state index is 13.5. The molecule has 7 heteroatoms. The standard InChI is InChI=1S/C25H20ClN3O2S/c26-18-9-7-16(8-10-18)24-28-27-22(31-24)14-29(19-11-12-19)25(30)21-13-17-6-5-15-3-1-2-4-20(15)23(17)32-21/h1-4,7-10,13,19H,5-6,11-12,14H2. The first-order chi connectivity index (χ1) is 15.7. The second kappa shape index (κ2) is 7.87. The van der Waals surface area contributed by atoms with Crippen LogP contribution >= 0.6 is 22.9 Å². The van der Waals surface area contributed by atoms with Crippen molar-refractivity contribution in [2.75, 3.05) is 0 Å². The van der Waals surface area contributed by atoms with E-state index in [2.05, 4.69) is 40.5 Å². The van der Waals surface area contributed by atoms with Crippen molar-refractivity contribution in [2.45, 2.75) is 38.3 Å². The molecule has 2 aliphatic carbocycles. The van der Waals surface area contributed by atoms with Crippen LogP contribution in [-0.4, -0.2) is 27.0 Å². The number of nitrogens with zero attached hydrogens (tertiary/aromatic N) is 3. The van der Waals surface area contributed by atoms with Gasteiger partial charge in [-0.1, -0.05) is 35.9 Å². The molecular formula is C25H20ClN3O2S. The van der Waals surface area contributed by atoms with Crippen molar-refractivity contribution in [3.8, 4) is 21.9 Å². The average molecular weight is 462 g/mol. The number of halogens is 1. The van der Waals surface area contributed by atoms with Crippen LogP contribution in [0.2, 0.25) is 5.02 Å². The van der Waals surface area contributed by atoms with Crippen molar-refractivity contribution >= 4 is 28.8 Å². The van der Waals surface area contributed by atoms with Crippen LogP contribution in [0.3, 0.4) is 0 Å². The lowest BCUT2D eigenvalue weighted by atomic mass is 9.91. The van der Waals surface area contributed by atoms with Crippen LogP contribution < -0.4 is 0 Å². The molecule has 0 bridgehead atoms. The molecule has 2 aromatic heterocycles. The summed E-state index contributed by atoms with van der Waals surface area (Å²) < 4.78 is 5.88. The lowest BCUT2D eigenvalue weighted by Crippen LogP contribution is -2.32. The van der Waals surface area contributed by atoms with E-state index in [9.17, 15) is 4.79 Å². The Hall–Kier alpha value is -2.96. The third-order valence-electron chi connectivity index (χ3n) is 6.06. The largest absolute Gasteiger partial charge is 0.419 e. The van der Waals surface area contributed by atoms with Crippen LogP contribution in [0.4, 0.5) is 0 Å². The topological polar surface area (TPSA) is 59.2 Å². The molecule has 0 radical (unpaired) electrons. The summed E-state index contributed by atoms with van der Waals surface area (Å²) in [7, 11) is 0. The summed E-state index contributed by atoms with van der Waals surface area (Å²) in [4.78, 5) is 17.4. The van der Waals surface area contributed by atoms with Gasteiger partial charge in [0.05, 0.1) is 11.4 Å². The molecule has 0 aliphatic heterocycles. The van der Waals surface area contributed by atoms with Gasteiger partial charge in [0.2, 0.25) is 11.8 Å². The minimum Gasteiger partial charge on any atom is -0.419 e. The van der Waals surface area contributed by atoms with E-state index < -0.39 is 0 Å². The van der Waals surface area contributed by atoms with Gasteiger partial charge in [0.25, 0.3) is 5.91 Å². The molecule has 32 heavy (non-hydrogen) atoms. The molecule has 0 N–H and O–H groups in total. The fourth-order valence-corrected chi connectivity index (χ4v) is 5.60. The molecule has 1 amide bonds. The van der Waals surface area contributed by atoms with Crippen molar-refractivity contribution in [1.82, 2.24) is 15.1 Å². The SMILES string of the molecule is O=C(c1cc2c(s1)-c1ccccc1CC2)N(Cc1nnc(-c2ccc(Cl)cc2)o1)C1CC1. The van der Waals surface area contributed by atoms with Crippen molar-refractivity contribution in [3.63, 3.8) is 0 Å². The molecule has 160 valence electrons. The number of fused-ring (bicyclic) bond motifs is 3. The molecule has 2 aliphatic rings. The molecule has 1 saturated carbocycles. The van der Waals surface area contributed by atoms with Gasteiger partial charge in [0.15, 0.2) is 0 Å². The number of carbonyl (C=O) groups excluding carboxylic acids is 1. The van der Waals surface area contributed by atoms with Crippen LogP contribution in [-0.2, 0) is 19.4 Å². The van der Waals surface area contributed by atoms with Gasteiger partial charge in [0, 0.05) is 21.5 Å². The molecule has 0 saturated heterocycles. The van der Waals surface area contributed by atoms with Crippen LogP contribution in [0.15, 0.2) is 59.0 Å². The van der Waals surface area contributed by atoms with Gasteiger partial charge in [-0.25, -0.2) is 0 Å². The van der Waals surface area contributed by atoms with E-state index in [1.165, 1.54) is 21.6 Å². The van der Waals surface area contributed by atoms with Gasteiger partial charge in [-0.05, 0) is 72.7 Å². The Morgan fingerprint density at radius 3 is 2.66 bits per heavy atom. The third-order valence-corrected chi connectivity index (χ3v) is 7.51. The number of benzene rings is 2. The quantitative estimate of drug-likeness (QED) is 0.364. The van der Waals surface area contributed by atoms with Gasteiger partial charge in [-0.3, -0.25) is 4.79 Å². The average Bonchev–Trinajstić information content (AvgIpc) is 3.38. The van der Waals surface area contributed by atoms with Crippen molar-refractivity contribution in [3.05, 3.63) is 81.5 Å². The highest BCUT2D eigenvalue weighted by atomic mass is 35.5. The zero-order valence-corrected chi connectivity index (χ0v) is 18.8. The second-order valence-electron chi connectivity index (χ2n) is 8.29. The number of carbonyl (C=O) groups is 1. The monoisotopic (exact) mass is 461 g/mol. The van der Waals surface area contributed by atoms with Crippen molar-refractivity contribution < 1.29 is 9.21 Å². The highest BCUT2D eigenvalue weighted by Crippen LogP contribution is 2.41. The number of amides is 1. The molecular weight excluding hydrogens is 442 g/mol. The van der Waals surface area contributed by atoms with E-state index in [0.29, 0.717) is 23.3 Å². The molecule has 6 rings (SSSR count). The Morgan fingerprint density at radius 2 is 1.84 bits per heavy atom. The number of aromatic nitrogens is 2. The second-order valence-corrected chi connectivity index (χ2v) is 9.78. The van der Waals surface area contributed by atoms with Gasteiger partial charge >= 0.3 is 0 Å². The Bertz CT molecular complexity index is 1310. The molecule has 0 spiro atoms. The highest BCUT2D eigenvalue weighted by molar-refractivity contribution is 7.17. The molecule has 5 nitrogen and oxygen atoms in total. The summed E-state index contributed by atoms with van der Waals surface area (Å²) in [6.07, 6.45) is 4.03. The number of rotatable bonds is 5. The van der Waals surface area contributed by atoms with E-state index in [4.69, 9.17) is 16.0 Å². The van der Waals surface area contributed by atoms with Crippen LogP contribution in [0, 0.1) is 0 Å². The zero-order chi connectivity index (χ0) is 21.7. The van der Waals surface area contributed by atoms with Gasteiger partial charge in [0.1, 0.15) is 0 Å². The Morgan fingerprint density at radius 1 is 1.06 bits per heavy atom. The van der Waals surface area contributed by atoms with Crippen LogP contribution in [0.25, 0.3) is 21.9 Å². The number of hydrogen-bond acceptors (Lipinski definition) is 5. The van der Waals surface area contributed by atoms with Gasteiger partial charge in [-0.2, -0.15) is 0 Å². The Labute approximate surface area is 194 Å². The van der Waals surface area contributed by atoms with Gasteiger partial charge < -0.3 is 9.32 Å². The highest BCUT2D eigenvalue weighted by Gasteiger charge is 2.35. The Kier molecular flexibility index (Phi) is 4.85. The smallest absolute Gasteiger partial charge is 0.264 e. The number of thiophene rings is 1. The fraction of sp³-hybridized carbons (Fsp3) is 0.240. The number of hydrogen-bond donors (Lipinski definition) is 0. The van der Waals surface area contributed by atoms with E-state index >= 15 is 0 Å². The predicted octanol–water partition coefficient (Wildman–Crippen LogP) is 6.02. The minimum absolute atomic E-state index is 0.0515. The minimum atomic E-state index is 0.0515. The van der Waals surface area contributed by atoms with Crippen molar-refractivity contribution in [1.29, 1.82) is 0 Å².